The average Bonchev–Trinajstić information content (AvgIpc) is 2.99. The van der Waals surface area contributed by atoms with Gasteiger partial charge in [-0.05, 0) is 68.1 Å². The van der Waals surface area contributed by atoms with Gasteiger partial charge in [0.1, 0.15) is 18.3 Å². The van der Waals surface area contributed by atoms with Gasteiger partial charge in [0.25, 0.3) is 15.7 Å². The van der Waals surface area contributed by atoms with E-state index < -0.39 is 33.4 Å². The zero-order chi connectivity index (χ0) is 31.7. The molecule has 2 amide bonds. The molecule has 0 saturated carbocycles. The van der Waals surface area contributed by atoms with Gasteiger partial charge in [-0.2, -0.15) is 0 Å². The van der Waals surface area contributed by atoms with E-state index in [0.717, 1.165) is 21.5 Å². The summed E-state index contributed by atoms with van der Waals surface area (Å²) < 4.78 is 34.3. The van der Waals surface area contributed by atoms with E-state index in [1.54, 1.807) is 19.1 Å². The third-order valence-corrected chi connectivity index (χ3v) is 8.91. The van der Waals surface area contributed by atoms with Crippen LogP contribution in [0, 0.1) is 24.0 Å². The molecular formula is C31H38N4O7S. The van der Waals surface area contributed by atoms with Crippen molar-refractivity contribution in [3.63, 3.8) is 0 Å². The molecule has 3 aromatic carbocycles. The summed E-state index contributed by atoms with van der Waals surface area (Å²) in [6, 6.07) is 16.3. The second-order valence-electron chi connectivity index (χ2n) is 10.1. The SMILES string of the molecule is CCCNC(=O)C(CC)N(Cc1ccccc1C)C(=O)CN(c1ccc(OC)cc1)S(=O)(=O)c1ccc(C)c([N+](=O)[O-])c1. The van der Waals surface area contributed by atoms with Gasteiger partial charge in [0.2, 0.25) is 11.8 Å². The number of hydrogen-bond acceptors (Lipinski definition) is 7. The van der Waals surface area contributed by atoms with Gasteiger partial charge >= 0.3 is 0 Å². The lowest BCUT2D eigenvalue weighted by Gasteiger charge is -2.33. The van der Waals surface area contributed by atoms with Crippen LogP contribution in [0.3, 0.4) is 0 Å². The second-order valence-corrected chi connectivity index (χ2v) is 11.9. The van der Waals surface area contributed by atoms with E-state index in [-0.39, 0.29) is 28.7 Å². The topological polar surface area (TPSA) is 139 Å². The Hall–Kier alpha value is -4.45. The minimum absolute atomic E-state index is 0.0794. The summed E-state index contributed by atoms with van der Waals surface area (Å²) in [5, 5.41) is 14.5. The highest BCUT2D eigenvalue weighted by molar-refractivity contribution is 7.92. The van der Waals surface area contributed by atoms with E-state index in [1.165, 1.54) is 43.2 Å². The molecule has 0 spiro atoms. The molecule has 0 bridgehead atoms. The van der Waals surface area contributed by atoms with Crippen LogP contribution in [-0.2, 0) is 26.2 Å². The first-order valence-electron chi connectivity index (χ1n) is 14.0. The molecule has 0 aliphatic rings. The third kappa shape index (κ3) is 7.89. The molecule has 0 aliphatic heterocycles. The average molecular weight is 611 g/mol. The smallest absolute Gasteiger partial charge is 0.273 e. The number of carbonyl (C=O) groups is 2. The second kappa shape index (κ2) is 14.6. The molecule has 1 atom stereocenters. The molecule has 12 heteroatoms. The number of amides is 2. The molecule has 1 unspecified atom stereocenters. The Kier molecular flexibility index (Phi) is 11.2. The molecule has 0 aliphatic carbocycles. The Morgan fingerprint density at radius 2 is 1.67 bits per heavy atom. The fraction of sp³-hybridized carbons (Fsp3) is 0.355. The summed E-state index contributed by atoms with van der Waals surface area (Å²) in [5.41, 5.74) is 1.81. The van der Waals surface area contributed by atoms with Crippen molar-refractivity contribution in [3.05, 3.63) is 93.5 Å². The molecule has 0 heterocycles. The number of ether oxygens (including phenoxy) is 1. The number of methoxy groups -OCH3 is 1. The van der Waals surface area contributed by atoms with Crippen molar-refractivity contribution in [3.8, 4) is 5.75 Å². The van der Waals surface area contributed by atoms with Crippen LogP contribution >= 0.6 is 0 Å². The summed E-state index contributed by atoms with van der Waals surface area (Å²) in [4.78, 5) is 39.4. The van der Waals surface area contributed by atoms with Crippen LogP contribution in [0.1, 0.15) is 43.4 Å². The molecule has 0 saturated heterocycles. The number of anilines is 1. The summed E-state index contributed by atoms with van der Waals surface area (Å²) in [5.74, 6) is -0.472. The Morgan fingerprint density at radius 3 is 2.26 bits per heavy atom. The van der Waals surface area contributed by atoms with Gasteiger partial charge in [0, 0.05) is 24.7 Å². The van der Waals surface area contributed by atoms with Gasteiger partial charge in [-0.3, -0.25) is 24.0 Å². The van der Waals surface area contributed by atoms with Gasteiger partial charge in [0.05, 0.1) is 22.6 Å². The number of nitrogens with one attached hydrogen (secondary N) is 1. The molecule has 230 valence electrons. The first-order chi connectivity index (χ1) is 20.4. The number of aryl methyl sites for hydroxylation is 2. The van der Waals surface area contributed by atoms with Crippen LogP contribution in [0.2, 0.25) is 0 Å². The lowest BCUT2D eigenvalue weighted by Crippen LogP contribution is -2.52. The number of nitro benzene ring substituents is 1. The van der Waals surface area contributed by atoms with Gasteiger partial charge in [0.15, 0.2) is 0 Å². The summed E-state index contributed by atoms with van der Waals surface area (Å²) in [6.07, 6.45) is 1.01. The monoisotopic (exact) mass is 610 g/mol. The molecule has 3 aromatic rings. The minimum atomic E-state index is -4.48. The highest BCUT2D eigenvalue weighted by Gasteiger charge is 2.34. The van der Waals surface area contributed by atoms with Crippen LogP contribution in [0.15, 0.2) is 71.6 Å². The minimum Gasteiger partial charge on any atom is -0.497 e. The predicted molar refractivity (Wildman–Crippen MR) is 164 cm³/mol. The first kappa shape index (κ1) is 33.1. The molecule has 43 heavy (non-hydrogen) atoms. The zero-order valence-corrected chi connectivity index (χ0v) is 25.9. The van der Waals surface area contributed by atoms with Crippen molar-refractivity contribution in [2.75, 3.05) is 24.5 Å². The molecule has 3 rings (SSSR count). The molecule has 11 nitrogen and oxygen atoms in total. The van der Waals surface area contributed by atoms with Crippen LogP contribution < -0.4 is 14.4 Å². The van der Waals surface area contributed by atoms with Crippen molar-refractivity contribution >= 4 is 33.2 Å². The van der Waals surface area contributed by atoms with Crippen molar-refractivity contribution < 1.29 is 27.7 Å². The number of hydrogen-bond donors (Lipinski definition) is 1. The number of benzene rings is 3. The maximum Gasteiger partial charge on any atom is 0.273 e. The zero-order valence-electron chi connectivity index (χ0n) is 25.1. The maximum atomic E-state index is 14.2. The molecular weight excluding hydrogens is 572 g/mol. The fourth-order valence-corrected chi connectivity index (χ4v) is 6.04. The van der Waals surface area contributed by atoms with Gasteiger partial charge in [-0.25, -0.2) is 8.42 Å². The first-order valence-corrected chi connectivity index (χ1v) is 15.4. The van der Waals surface area contributed by atoms with Crippen molar-refractivity contribution in [1.29, 1.82) is 0 Å². The fourth-order valence-electron chi connectivity index (χ4n) is 4.61. The lowest BCUT2D eigenvalue weighted by atomic mass is 10.1. The Bertz CT molecular complexity index is 1560. The normalized spacial score (nSPS) is 11.8. The van der Waals surface area contributed by atoms with Gasteiger partial charge in [-0.1, -0.05) is 44.2 Å². The molecule has 1 N–H and O–H groups in total. The molecule has 0 fully saturated rings. The van der Waals surface area contributed by atoms with Crippen molar-refractivity contribution in [1.82, 2.24) is 10.2 Å². The van der Waals surface area contributed by atoms with Gasteiger partial charge in [-0.15, -0.1) is 0 Å². The van der Waals surface area contributed by atoms with Crippen molar-refractivity contribution in [2.24, 2.45) is 0 Å². The van der Waals surface area contributed by atoms with Crippen LogP contribution in [0.25, 0.3) is 0 Å². The summed E-state index contributed by atoms with van der Waals surface area (Å²) in [6.45, 7) is 6.98. The van der Waals surface area contributed by atoms with E-state index in [0.29, 0.717) is 30.7 Å². The van der Waals surface area contributed by atoms with E-state index >= 15 is 0 Å². The highest BCUT2D eigenvalue weighted by atomic mass is 32.2. The lowest BCUT2D eigenvalue weighted by molar-refractivity contribution is -0.385. The third-order valence-electron chi connectivity index (χ3n) is 7.14. The van der Waals surface area contributed by atoms with Crippen LogP contribution in [-0.4, -0.2) is 56.3 Å². The van der Waals surface area contributed by atoms with E-state index in [9.17, 15) is 28.1 Å². The van der Waals surface area contributed by atoms with E-state index in [2.05, 4.69) is 5.32 Å². The van der Waals surface area contributed by atoms with Crippen LogP contribution in [0.5, 0.6) is 5.75 Å². The quantitative estimate of drug-likeness (QED) is 0.205. The predicted octanol–water partition coefficient (Wildman–Crippen LogP) is 4.75. The Morgan fingerprint density at radius 1 is 1.00 bits per heavy atom. The van der Waals surface area contributed by atoms with Crippen molar-refractivity contribution in [2.45, 2.75) is 58.0 Å². The van der Waals surface area contributed by atoms with E-state index in [4.69, 9.17) is 4.74 Å². The van der Waals surface area contributed by atoms with Gasteiger partial charge < -0.3 is 15.0 Å². The number of sulfonamides is 1. The number of nitro groups is 1. The Labute approximate surface area is 252 Å². The Balaban J connectivity index is 2.12. The van der Waals surface area contributed by atoms with Crippen LogP contribution in [0.4, 0.5) is 11.4 Å². The number of nitrogens with zero attached hydrogens (tertiary/aromatic N) is 3. The van der Waals surface area contributed by atoms with E-state index in [1.807, 2.05) is 38.1 Å². The number of carbonyl (C=O) groups excluding carboxylic acids is 2. The standard InChI is InChI=1S/C31H38N4O7S/c1-6-18-32-31(37)28(7-2)33(20-24-11-9-8-10-22(24)3)30(36)21-34(25-13-15-26(42-5)16-14-25)43(40,41)27-17-12-23(4)29(19-27)35(38)39/h8-17,19,28H,6-7,18,20-21H2,1-5H3,(H,32,37). The summed E-state index contributed by atoms with van der Waals surface area (Å²) >= 11 is 0. The molecule has 0 aromatic heterocycles. The summed E-state index contributed by atoms with van der Waals surface area (Å²) in [7, 11) is -3.01. The number of rotatable bonds is 14. The maximum absolute atomic E-state index is 14.2. The molecule has 0 radical (unpaired) electrons. The highest BCUT2D eigenvalue weighted by Crippen LogP contribution is 2.29. The largest absolute Gasteiger partial charge is 0.497 e.